The smallest absolute Gasteiger partial charge is 0.273 e. The largest absolute Gasteiger partial charge is 0.507 e. The number of phenols is 2. The molecule has 3 aromatic carbocycles. The summed E-state index contributed by atoms with van der Waals surface area (Å²) in [6, 6.07) is 16.4. The molecular weight excluding hydrogens is 489 g/mol. The molecule has 178 valence electrons. The highest BCUT2D eigenvalue weighted by molar-refractivity contribution is 6.31. The van der Waals surface area contributed by atoms with Gasteiger partial charge in [0.15, 0.2) is 11.5 Å². The second-order valence-electron chi connectivity index (χ2n) is 8.11. The number of ether oxygens (including phenoxy) is 1. The minimum Gasteiger partial charge on any atom is -0.507 e. The van der Waals surface area contributed by atoms with Crippen LogP contribution in [0.3, 0.4) is 0 Å². The Morgan fingerprint density at radius 3 is 2.60 bits per heavy atom. The average Bonchev–Trinajstić information content (AvgIpc) is 3.38. The first kappa shape index (κ1) is 23.1. The molecule has 0 aliphatic carbocycles. The molecule has 0 spiro atoms. The van der Waals surface area contributed by atoms with Crippen molar-refractivity contribution in [3.05, 3.63) is 93.1 Å². The fourth-order valence-electron chi connectivity index (χ4n) is 4.39. The summed E-state index contributed by atoms with van der Waals surface area (Å²) in [5.41, 5.74) is 3.19. The van der Waals surface area contributed by atoms with Gasteiger partial charge in [0.2, 0.25) is 0 Å². The fourth-order valence-corrected chi connectivity index (χ4v) is 4.76. The van der Waals surface area contributed by atoms with Gasteiger partial charge in [-0.2, -0.15) is 5.10 Å². The SMILES string of the molecule is CCOc1cc(C2c3c(-c4cc(Cl)ccc4O)n[nH]c3C(=O)N2Cc2ccccc2Cl)ccc1O. The number of carbonyl (C=O) groups is 1. The van der Waals surface area contributed by atoms with Crippen molar-refractivity contribution in [1.82, 2.24) is 15.1 Å². The zero-order chi connectivity index (χ0) is 24.7. The first-order valence-electron chi connectivity index (χ1n) is 11.0. The lowest BCUT2D eigenvalue weighted by molar-refractivity contribution is 0.0730. The van der Waals surface area contributed by atoms with Crippen LogP contribution in [-0.2, 0) is 6.54 Å². The zero-order valence-electron chi connectivity index (χ0n) is 18.6. The van der Waals surface area contributed by atoms with E-state index in [0.717, 1.165) is 5.56 Å². The third-order valence-corrected chi connectivity index (χ3v) is 6.58. The number of hydrogen-bond acceptors (Lipinski definition) is 5. The van der Waals surface area contributed by atoms with Gasteiger partial charge in [-0.3, -0.25) is 9.89 Å². The summed E-state index contributed by atoms with van der Waals surface area (Å²) in [7, 11) is 0. The Hall–Kier alpha value is -3.68. The number of phenolic OH excluding ortho intramolecular Hbond substituents is 2. The number of H-pyrrole nitrogens is 1. The number of halogens is 2. The second-order valence-corrected chi connectivity index (χ2v) is 8.95. The van der Waals surface area contributed by atoms with Crippen LogP contribution in [0.5, 0.6) is 17.2 Å². The van der Waals surface area contributed by atoms with E-state index in [0.29, 0.717) is 50.5 Å². The predicted octanol–water partition coefficient (Wildman–Crippen LogP) is 5.94. The molecule has 5 rings (SSSR count). The van der Waals surface area contributed by atoms with Crippen molar-refractivity contribution in [2.75, 3.05) is 6.61 Å². The van der Waals surface area contributed by atoms with Crippen LogP contribution in [0.4, 0.5) is 0 Å². The van der Waals surface area contributed by atoms with Crippen molar-refractivity contribution in [2.45, 2.75) is 19.5 Å². The van der Waals surface area contributed by atoms with Crippen LogP contribution in [0.1, 0.15) is 40.1 Å². The van der Waals surface area contributed by atoms with Crippen molar-refractivity contribution < 1.29 is 19.7 Å². The zero-order valence-corrected chi connectivity index (χ0v) is 20.1. The number of aromatic hydroxyl groups is 2. The van der Waals surface area contributed by atoms with Crippen LogP contribution < -0.4 is 4.74 Å². The molecule has 3 N–H and O–H groups in total. The van der Waals surface area contributed by atoms with E-state index < -0.39 is 6.04 Å². The van der Waals surface area contributed by atoms with Crippen molar-refractivity contribution in [3.8, 4) is 28.5 Å². The molecule has 1 unspecified atom stereocenters. The Labute approximate surface area is 211 Å². The molecule has 0 saturated heterocycles. The average molecular weight is 510 g/mol. The molecule has 9 heteroatoms. The molecule has 1 aliphatic heterocycles. The maximum absolute atomic E-state index is 13.6. The number of fused-ring (bicyclic) bond motifs is 1. The Bertz CT molecular complexity index is 1440. The Kier molecular flexibility index (Phi) is 6.05. The molecule has 0 saturated carbocycles. The van der Waals surface area contributed by atoms with Crippen molar-refractivity contribution >= 4 is 29.1 Å². The van der Waals surface area contributed by atoms with E-state index in [9.17, 15) is 15.0 Å². The number of amides is 1. The van der Waals surface area contributed by atoms with Crippen LogP contribution >= 0.6 is 23.2 Å². The van der Waals surface area contributed by atoms with Gasteiger partial charge in [0.1, 0.15) is 17.1 Å². The number of nitrogens with zero attached hydrogens (tertiary/aromatic N) is 2. The molecule has 1 aromatic heterocycles. The molecular formula is C26H21Cl2N3O4. The molecule has 1 atom stereocenters. The lowest BCUT2D eigenvalue weighted by atomic mass is 9.95. The normalized spacial score (nSPS) is 14.9. The van der Waals surface area contributed by atoms with Crippen LogP contribution in [-0.4, -0.2) is 37.8 Å². The Morgan fingerprint density at radius 2 is 1.83 bits per heavy atom. The quantitative estimate of drug-likeness (QED) is 0.298. The Balaban J connectivity index is 1.70. The molecule has 4 aromatic rings. The van der Waals surface area contributed by atoms with Gasteiger partial charge < -0.3 is 19.8 Å². The molecule has 1 aliphatic rings. The number of hydrogen-bond donors (Lipinski definition) is 3. The van der Waals surface area contributed by atoms with Gasteiger partial charge in [0, 0.05) is 27.7 Å². The highest BCUT2D eigenvalue weighted by Gasteiger charge is 2.43. The topological polar surface area (TPSA) is 98.7 Å². The summed E-state index contributed by atoms with van der Waals surface area (Å²) < 4.78 is 5.60. The number of rotatable bonds is 6. The number of aromatic nitrogens is 2. The molecule has 0 radical (unpaired) electrons. The molecule has 0 bridgehead atoms. The van der Waals surface area contributed by atoms with Crippen molar-refractivity contribution in [1.29, 1.82) is 0 Å². The molecule has 0 fully saturated rings. The maximum Gasteiger partial charge on any atom is 0.273 e. The summed E-state index contributed by atoms with van der Waals surface area (Å²) in [6.07, 6.45) is 0. The van der Waals surface area contributed by atoms with Crippen LogP contribution in [0.15, 0.2) is 60.7 Å². The Morgan fingerprint density at radius 1 is 1.06 bits per heavy atom. The summed E-state index contributed by atoms with van der Waals surface area (Å²) in [4.78, 5) is 15.3. The van der Waals surface area contributed by atoms with E-state index in [2.05, 4.69) is 10.2 Å². The minimum absolute atomic E-state index is 0.00213. The molecule has 2 heterocycles. The standard InChI is InChI=1S/C26H21Cl2N3O4/c1-2-35-21-11-14(7-9-20(21)33)25-22-23(17-12-16(27)8-10-19(17)32)29-30-24(22)26(34)31(25)13-15-5-3-4-6-18(15)28/h3-12,25,32-33H,2,13H2,1H3,(H,29,30). The van der Waals surface area contributed by atoms with E-state index in [1.54, 1.807) is 35.2 Å². The summed E-state index contributed by atoms with van der Waals surface area (Å²) in [5.74, 6) is 0.0216. The highest BCUT2D eigenvalue weighted by Crippen LogP contribution is 2.47. The van der Waals surface area contributed by atoms with Gasteiger partial charge in [-0.25, -0.2) is 0 Å². The third kappa shape index (κ3) is 4.07. The van der Waals surface area contributed by atoms with E-state index >= 15 is 0 Å². The number of aromatic amines is 1. The number of carbonyl (C=O) groups excluding carboxylic acids is 1. The first-order valence-corrected chi connectivity index (χ1v) is 11.7. The maximum atomic E-state index is 13.6. The highest BCUT2D eigenvalue weighted by atomic mass is 35.5. The number of nitrogens with one attached hydrogen (secondary N) is 1. The van der Waals surface area contributed by atoms with Gasteiger partial charge in [-0.05, 0) is 54.4 Å². The van der Waals surface area contributed by atoms with Gasteiger partial charge in [-0.1, -0.05) is 47.5 Å². The molecule has 35 heavy (non-hydrogen) atoms. The monoisotopic (exact) mass is 509 g/mol. The van der Waals surface area contributed by atoms with Crippen LogP contribution in [0, 0.1) is 0 Å². The number of benzene rings is 3. The fraction of sp³-hybridized carbons (Fsp3) is 0.154. The van der Waals surface area contributed by atoms with Crippen molar-refractivity contribution in [3.63, 3.8) is 0 Å². The van der Waals surface area contributed by atoms with E-state index in [1.165, 1.54) is 12.1 Å². The molecule has 1 amide bonds. The van der Waals surface area contributed by atoms with E-state index in [-0.39, 0.29) is 24.0 Å². The van der Waals surface area contributed by atoms with Crippen LogP contribution in [0.25, 0.3) is 11.3 Å². The summed E-state index contributed by atoms with van der Waals surface area (Å²) >= 11 is 12.6. The first-order chi connectivity index (χ1) is 16.9. The summed E-state index contributed by atoms with van der Waals surface area (Å²) in [6.45, 7) is 2.42. The summed E-state index contributed by atoms with van der Waals surface area (Å²) in [5, 5.41) is 29.0. The lowest BCUT2D eigenvalue weighted by Crippen LogP contribution is -2.29. The van der Waals surface area contributed by atoms with Crippen LogP contribution in [0.2, 0.25) is 10.0 Å². The van der Waals surface area contributed by atoms with E-state index in [1.807, 2.05) is 25.1 Å². The third-order valence-electron chi connectivity index (χ3n) is 5.98. The van der Waals surface area contributed by atoms with Crippen molar-refractivity contribution in [2.24, 2.45) is 0 Å². The second kappa shape index (κ2) is 9.17. The minimum atomic E-state index is -0.597. The lowest BCUT2D eigenvalue weighted by Gasteiger charge is -2.27. The van der Waals surface area contributed by atoms with Gasteiger partial charge in [-0.15, -0.1) is 0 Å². The van der Waals surface area contributed by atoms with E-state index in [4.69, 9.17) is 27.9 Å². The van der Waals surface area contributed by atoms with Gasteiger partial charge in [0.05, 0.1) is 12.6 Å². The van der Waals surface area contributed by atoms with Gasteiger partial charge in [0.25, 0.3) is 5.91 Å². The predicted molar refractivity (Wildman–Crippen MR) is 133 cm³/mol. The molecule has 7 nitrogen and oxygen atoms in total. The van der Waals surface area contributed by atoms with Gasteiger partial charge >= 0.3 is 0 Å².